The van der Waals surface area contributed by atoms with Crippen LogP contribution in [-0.2, 0) is 17.9 Å². The van der Waals surface area contributed by atoms with Gasteiger partial charge in [0, 0.05) is 24.8 Å². The van der Waals surface area contributed by atoms with Gasteiger partial charge in [-0.3, -0.25) is 4.79 Å². The van der Waals surface area contributed by atoms with E-state index in [0.717, 1.165) is 22.5 Å². The van der Waals surface area contributed by atoms with Crippen LogP contribution < -0.4 is 20.1 Å². The molecule has 3 rings (SSSR count). The minimum absolute atomic E-state index is 0.0940. The SMILES string of the molecule is CCOc1cc(CNc2ccc(NC(C)=O)cc2)cc(Cl)c1OCc1ccc(C)cc1. The fraction of sp³-hybridized carbons (Fsp3) is 0.240. The molecule has 0 aliphatic carbocycles. The van der Waals surface area contributed by atoms with Crippen LogP contribution in [0.5, 0.6) is 11.5 Å². The zero-order chi connectivity index (χ0) is 22.2. The van der Waals surface area contributed by atoms with Crippen LogP contribution in [0.2, 0.25) is 5.02 Å². The number of rotatable bonds is 9. The Morgan fingerprint density at radius 2 is 1.61 bits per heavy atom. The molecule has 0 radical (unpaired) electrons. The molecule has 5 nitrogen and oxygen atoms in total. The number of carbonyl (C=O) groups is 1. The fourth-order valence-corrected chi connectivity index (χ4v) is 3.33. The molecule has 0 heterocycles. The molecule has 31 heavy (non-hydrogen) atoms. The summed E-state index contributed by atoms with van der Waals surface area (Å²) in [5, 5.41) is 6.62. The van der Waals surface area contributed by atoms with Crippen molar-refractivity contribution in [2.75, 3.05) is 17.2 Å². The zero-order valence-corrected chi connectivity index (χ0v) is 18.8. The van der Waals surface area contributed by atoms with Crippen LogP contribution >= 0.6 is 11.6 Å². The first-order valence-electron chi connectivity index (χ1n) is 10.2. The molecule has 3 aromatic rings. The molecule has 0 aliphatic rings. The predicted octanol–water partition coefficient (Wildman–Crippen LogP) is 6.20. The Morgan fingerprint density at radius 3 is 2.26 bits per heavy atom. The lowest BCUT2D eigenvalue weighted by atomic mass is 10.1. The molecule has 0 fully saturated rings. The van der Waals surface area contributed by atoms with E-state index in [0.29, 0.717) is 36.3 Å². The molecule has 0 saturated heterocycles. The Morgan fingerprint density at radius 1 is 0.935 bits per heavy atom. The van der Waals surface area contributed by atoms with Gasteiger partial charge in [-0.25, -0.2) is 0 Å². The van der Waals surface area contributed by atoms with Crippen molar-refractivity contribution in [3.63, 3.8) is 0 Å². The van der Waals surface area contributed by atoms with Gasteiger partial charge in [0.25, 0.3) is 0 Å². The summed E-state index contributed by atoms with van der Waals surface area (Å²) in [6.45, 7) is 6.96. The van der Waals surface area contributed by atoms with Crippen molar-refractivity contribution in [2.24, 2.45) is 0 Å². The van der Waals surface area contributed by atoms with Crippen molar-refractivity contribution in [3.05, 3.63) is 82.4 Å². The first kappa shape index (κ1) is 22.5. The number of benzene rings is 3. The molecule has 2 N–H and O–H groups in total. The summed E-state index contributed by atoms with van der Waals surface area (Å²) in [4.78, 5) is 11.1. The maximum Gasteiger partial charge on any atom is 0.221 e. The highest BCUT2D eigenvalue weighted by Gasteiger charge is 2.13. The summed E-state index contributed by atoms with van der Waals surface area (Å²) in [6, 6.07) is 19.5. The summed E-state index contributed by atoms with van der Waals surface area (Å²) in [7, 11) is 0. The highest BCUT2D eigenvalue weighted by molar-refractivity contribution is 6.32. The Hall–Kier alpha value is -3.18. The van der Waals surface area contributed by atoms with Crippen molar-refractivity contribution in [2.45, 2.75) is 33.9 Å². The smallest absolute Gasteiger partial charge is 0.221 e. The van der Waals surface area contributed by atoms with Crippen LogP contribution in [0.4, 0.5) is 11.4 Å². The highest BCUT2D eigenvalue weighted by Crippen LogP contribution is 2.37. The van der Waals surface area contributed by atoms with Crippen LogP contribution in [0.25, 0.3) is 0 Å². The van der Waals surface area contributed by atoms with Gasteiger partial charge in [0.2, 0.25) is 5.91 Å². The third-order valence-corrected chi connectivity index (χ3v) is 4.86. The zero-order valence-electron chi connectivity index (χ0n) is 18.0. The fourth-order valence-electron chi connectivity index (χ4n) is 3.05. The molecule has 0 unspecified atom stereocenters. The van der Waals surface area contributed by atoms with Gasteiger partial charge in [0.1, 0.15) is 6.61 Å². The minimum Gasteiger partial charge on any atom is -0.490 e. The third-order valence-electron chi connectivity index (χ3n) is 4.57. The molecule has 3 aromatic carbocycles. The van der Waals surface area contributed by atoms with Crippen molar-refractivity contribution in [1.29, 1.82) is 0 Å². The number of amides is 1. The second-order valence-electron chi connectivity index (χ2n) is 7.22. The lowest BCUT2D eigenvalue weighted by molar-refractivity contribution is -0.114. The van der Waals surface area contributed by atoms with Crippen molar-refractivity contribution < 1.29 is 14.3 Å². The van der Waals surface area contributed by atoms with Crippen LogP contribution in [0, 0.1) is 6.92 Å². The molecule has 6 heteroatoms. The largest absolute Gasteiger partial charge is 0.490 e. The average Bonchev–Trinajstić information content (AvgIpc) is 2.74. The van der Waals surface area contributed by atoms with E-state index >= 15 is 0 Å². The molecule has 0 aliphatic heterocycles. The number of aryl methyl sites for hydroxylation is 1. The number of hydrogen-bond donors (Lipinski definition) is 2. The molecule has 0 aromatic heterocycles. The number of halogens is 1. The van der Waals surface area contributed by atoms with Gasteiger partial charge in [-0.15, -0.1) is 0 Å². The van der Waals surface area contributed by atoms with E-state index in [1.54, 1.807) is 0 Å². The predicted molar refractivity (Wildman–Crippen MR) is 126 cm³/mol. The van der Waals surface area contributed by atoms with Crippen LogP contribution in [0.15, 0.2) is 60.7 Å². The normalized spacial score (nSPS) is 10.5. The second kappa shape index (κ2) is 10.7. The molecule has 0 bridgehead atoms. The summed E-state index contributed by atoms with van der Waals surface area (Å²) in [5.41, 5.74) is 4.94. The summed E-state index contributed by atoms with van der Waals surface area (Å²) in [6.07, 6.45) is 0. The number of hydrogen-bond acceptors (Lipinski definition) is 4. The Bertz CT molecular complexity index is 1020. The van der Waals surface area contributed by atoms with E-state index in [9.17, 15) is 4.79 Å². The van der Waals surface area contributed by atoms with Gasteiger partial charge in [0.15, 0.2) is 11.5 Å². The maximum atomic E-state index is 11.1. The van der Waals surface area contributed by atoms with Gasteiger partial charge in [-0.2, -0.15) is 0 Å². The van der Waals surface area contributed by atoms with Crippen LogP contribution in [0.3, 0.4) is 0 Å². The monoisotopic (exact) mass is 438 g/mol. The first-order chi connectivity index (χ1) is 14.9. The Kier molecular flexibility index (Phi) is 7.79. The number of nitrogens with one attached hydrogen (secondary N) is 2. The van der Waals surface area contributed by atoms with Crippen LogP contribution in [-0.4, -0.2) is 12.5 Å². The van der Waals surface area contributed by atoms with Crippen molar-refractivity contribution >= 4 is 28.9 Å². The summed E-state index contributed by atoms with van der Waals surface area (Å²) in [5.74, 6) is 1.08. The molecule has 0 saturated carbocycles. The summed E-state index contributed by atoms with van der Waals surface area (Å²) >= 11 is 6.54. The number of ether oxygens (including phenoxy) is 2. The van der Waals surface area contributed by atoms with Crippen molar-refractivity contribution in [1.82, 2.24) is 0 Å². The molecule has 0 spiro atoms. The minimum atomic E-state index is -0.0940. The van der Waals surface area contributed by atoms with Gasteiger partial charge in [-0.1, -0.05) is 41.4 Å². The molecular weight excluding hydrogens is 412 g/mol. The molecule has 0 atom stereocenters. The van der Waals surface area contributed by atoms with Crippen LogP contribution in [0.1, 0.15) is 30.5 Å². The topological polar surface area (TPSA) is 59.6 Å². The van der Waals surface area contributed by atoms with Gasteiger partial charge < -0.3 is 20.1 Å². The van der Waals surface area contributed by atoms with E-state index in [1.165, 1.54) is 12.5 Å². The second-order valence-corrected chi connectivity index (χ2v) is 7.63. The van der Waals surface area contributed by atoms with Crippen molar-refractivity contribution in [3.8, 4) is 11.5 Å². The third kappa shape index (κ3) is 6.66. The quantitative estimate of drug-likeness (QED) is 0.417. The van der Waals surface area contributed by atoms with Gasteiger partial charge >= 0.3 is 0 Å². The Labute approximate surface area is 188 Å². The lowest BCUT2D eigenvalue weighted by Crippen LogP contribution is -2.06. The first-order valence-corrected chi connectivity index (χ1v) is 10.6. The standard InChI is InChI=1S/C25H27ClN2O3/c1-4-30-24-14-20(15-27-21-9-11-22(12-10-21)28-18(3)29)13-23(26)25(24)31-16-19-7-5-17(2)6-8-19/h5-14,27H,4,15-16H2,1-3H3,(H,28,29). The average molecular weight is 439 g/mol. The number of carbonyl (C=O) groups excluding carboxylic acids is 1. The Balaban J connectivity index is 1.68. The highest BCUT2D eigenvalue weighted by atomic mass is 35.5. The lowest BCUT2D eigenvalue weighted by Gasteiger charge is -2.16. The molecule has 162 valence electrons. The van der Waals surface area contributed by atoms with E-state index in [1.807, 2.05) is 55.5 Å². The van der Waals surface area contributed by atoms with E-state index in [2.05, 4.69) is 29.7 Å². The van der Waals surface area contributed by atoms with E-state index in [-0.39, 0.29) is 5.91 Å². The number of anilines is 2. The van der Waals surface area contributed by atoms with Gasteiger partial charge in [0.05, 0.1) is 11.6 Å². The summed E-state index contributed by atoms with van der Waals surface area (Å²) < 4.78 is 11.8. The maximum absolute atomic E-state index is 11.1. The van der Waals surface area contributed by atoms with E-state index in [4.69, 9.17) is 21.1 Å². The van der Waals surface area contributed by atoms with E-state index < -0.39 is 0 Å². The molecule has 1 amide bonds. The van der Waals surface area contributed by atoms with Gasteiger partial charge in [-0.05, 0) is 61.4 Å². The molecular formula is C25H27ClN2O3.